The van der Waals surface area contributed by atoms with Crippen LogP contribution in [0.2, 0.25) is 0 Å². The van der Waals surface area contributed by atoms with Gasteiger partial charge in [0.25, 0.3) is 0 Å². The summed E-state index contributed by atoms with van der Waals surface area (Å²) in [5, 5.41) is 6.88. The van der Waals surface area contributed by atoms with Gasteiger partial charge < -0.3 is 4.74 Å². The van der Waals surface area contributed by atoms with Crippen molar-refractivity contribution >= 4 is 5.97 Å². The minimum atomic E-state index is -1.38. The Balaban J connectivity index is 2.79. The Labute approximate surface area is 57.6 Å². The van der Waals surface area contributed by atoms with Crippen LogP contribution in [0.4, 0.5) is 0 Å². The molecule has 10 heavy (non-hydrogen) atoms. The molecule has 0 spiro atoms. The Morgan fingerprint density at radius 2 is 2.50 bits per heavy atom. The zero-order valence-corrected chi connectivity index (χ0v) is 5.44. The highest BCUT2D eigenvalue weighted by atomic mass is 16.5. The summed E-state index contributed by atoms with van der Waals surface area (Å²) in [6.45, 7) is 0. The van der Waals surface area contributed by atoms with E-state index in [-0.39, 0.29) is 0 Å². The summed E-state index contributed by atoms with van der Waals surface area (Å²) < 4.78 is 4.37. The number of nitrogens with zero attached hydrogens (tertiary/aromatic N) is 2. The SMILES string of the molecule is COC(=O)C1(N)C=CN=N1. The van der Waals surface area contributed by atoms with E-state index in [1.54, 1.807) is 0 Å². The normalized spacial score (nSPS) is 29.0. The third-order valence-corrected chi connectivity index (χ3v) is 1.13. The predicted octanol–water partition coefficient (Wildman–Crippen LogP) is -0.206. The lowest BCUT2D eigenvalue weighted by Crippen LogP contribution is -2.43. The molecular formula is C5H7N3O2. The molecule has 0 saturated carbocycles. The number of azo groups is 1. The van der Waals surface area contributed by atoms with Crippen LogP contribution < -0.4 is 5.73 Å². The number of ether oxygens (including phenoxy) is 1. The quantitative estimate of drug-likeness (QED) is 0.513. The van der Waals surface area contributed by atoms with Crippen molar-refractivity contribution < 1.29 is 9.53 Å². The van der Waals surface area contributed by atoms with E-state index < -0.39 is 11.6 Å². The Morgan fingerprint density at radius 3 is 2.90 bits per heavy atom. The number of hydrogen-bond acceptors (Lipinski definition) is 5. The van der Waals surface area contributed by atoms with Crippen molar-refractivity contribution in [2.75, 3.05) is 7.11 Å². The van der Waals surface area contributed by atoms with Crippen LogP contribution in [0.5, 0.6) is 0 Å². The molecule has 0 aromatic heterocycles. The monoisotopic (exact) mass is 141 g/mol. The fourth-order valence-electron chi connectivity index (χ4n) is 0.582. The molecule has 5 nitrogen and oxygen atoms in total. The Bertz CT molecular complexity index is 197. The maximum atomic E-state index is 10.8. The summed E-state index contributed by atoms with van der Waals surface area (Å²) in [7, 11) is 1.25. The van der Waals surface area contributed by atoms with Crippen molar-refractivity contribution in [1.82, 2.24) is 0 Å². The molecule has 1 aliphatic heterocycles. The highest BCUT2D eigenvalue weighted by Crippen LogP contribution is 2.13. The van der Waals surface area contributed by atoms with E-state index in [1.807, 2.05) is 0 Å². The number of methoxy groups -OCH3 is 1. The molecule has 2 N–H and O–H groups in total. The average Bonchev–Trinajstić information content (AvgIpc) is 2.36. The fraction of sp³-hybridized carbons (Fsp3) is 0.400. The molecule has 1 atom stereocenters. The van der Waals surface area contributed by atoms with Gasteiger partial charge in [0.15, 0.2) is 0 Å². The van der Waals surface area contributed by atoms with Crippen LogP contribution in [-0.4, -0.2) is 18.7 Å². The molecule has 1 rings (SSSR count). The van der Waals surface area contributed by atoms with Crippen molar-refractivity contribution in [2.24, 2.45) is 16.0 Å². The minimum Gasteiger partial charge on any atom is -0.466 e. The van der Waals surface area contributed by atoms with Crippen LogP contribution in [0.25, 0.3) is 0 Å². The first-order chi connectivity index (χ1) is 4.69. The van der Waals surface area contributed by atoms with Crippen molar-refractivity contribution in [3.05, 3.63) is 12.3 Å². The van der Waals surface area contributed by atoms with Crippen LogP contribution >= 0.6 is 0 Å². The summed E-state index contributed by atoms with van der Waals surface area (Å²) in [6.07, 6.45) is 2.73. The molecular weight excluding hydrogens is 134 g/mol. The first-order valence-corrected chi connectivity index (χ1v) is 2.66. The second-order valence-electron chi connectivity index (χ2n) is 1.85. The zero-order chi connectivity index (χ0) is 7.61. The molecule has 0 aliphatic carbocycles. The average molecular weight is 141 g/mol. The van der Waals surface area contributed by atoms with E-state index in [0.717, 1.165) is 0 Å². The van der Waals surface area contributed by atoms with Crippen molar-refractivity contribution in [3.8, 4) is 0 Å². The number of carbonyl (C=O) groups is 1. The van der Waals surface area contributed by atoms with E-state index in [1.165, 1.54) is 19.4 Å². The molecule has 54 valence electrons. The number of nitrogens with two attached hydrogens (primary N) is 1. The highest BCUT2D eigenvalue weighted by Gasteiger charge is 2.34. The van der Waals surface area contributed by atoms with E-state index in [4.69, 9.17) is 5.73 Å². The van der Waals surface area contributed by atoms with E-state index in [0.29, 0.717) is 0 Å². The third-order valence-electron chi connectivity index (χ3n) is 1.13. The lowest BCUT2D eigenvalue weighted by molar-refractivity contribution is -0.144. The van der Waals surface area contributed by atoms with Gasteiger partial charge in [-0.25, -0.2) is 4.79 Å². The molecule has 1 aliphatic rings. The van der Waals surface area contributed by atoms with Gasteiger partial charge in [-0.05, 0) is 6.08 Å². The molecule has 0 amide bonds. The van der Waals surface area contributed by atoms with Gasteiger partial charge in [-0.3, -0.25) is 5.73 Å². The lowest BCUT2D eigenvalue weighted by atomic mass is 10.2. The first kappa shape index (κ1) is 6.88. The van der Waals surface area contributed by atoms with Gasteiger partial charge in [-0.1, -0.05) is 0 Å². The summed E-state index contributed by atoms with van der Waals surface area (Å²) >= 11 is 0. The number of hydrogen-bond donors (Lipinski definition) is 1. The van der Waals surface area contributed by atoms with Gasteiger partial charge in [0.1, 0.15) is 0 Å². The molecule has 1 unspecified atom stereocenters. The standard InChI is InChI=1S/C5H7N3O2/c1-10-4(9)5(6)2-3-7-8-5/h2-3H,6H2,1H3. The van der Waals surface area contributed by atoms with Crippen molar-refractivity contribution in [3.63, 3.8) is 0 Å². The molecule has 5 heteroatoms. The smallest absolute Gasteiger partial charge is 0.354 e. The number of esters is 1. The molecule has 0 aromatic carbocycles. The third kappa shape index (κ3) is 0.906. The summed E-state index contributed by atoms with van der Waals surface area (Å²) in [4.78, 5) is 10.8. The lowest BCUT2D eigenvalue weighted by Gasteiger charge is -2.11. The van der Waals surface area contributed by atoms with Gasteiger partial charge >= 0.3 is 5.97 Å². The molecule has 0 bridgehead atoms. The Kier molecular flexibility index (Phi) is 1.50. The molecule has 0 radical (unpaired) electrons. The van der Waals surface area contributed by atoms with Crippen LogP contribution in [0.15, 0.2) is 22.5 Å². The van der Waals surface area contributed by atoms with Crippen LogP contribution in [0, 0.1) is 0 Å². The largest absolute Gasteiger partial charge is 0.466 e. The predicted molar refractivity (Wildman–Crippen MR) is 32.9 cm³/mol. The van der Waals surface area contributed by atoms with Crippen LogP contribution in [0.3, 0.4) is 0 Å². The van der Waals surface area contributed by atoms with Gasteiger partial charge in [0.05, 0.1) is 7.11 Å². The van der Waals surface area contributed by atoms with Gasteiger partial charge in [-0.2, -0.15) is 5.11 Å². The second-order valence-corrected chi connectivity index (χ2v) is 1.85. The highest BCUT2D eigenvalue weighted by molar-refractivity contribution is 5.82. The topological polar surface area (TPSA) is 77.0 Å². The summed E-state index contributed by atoms with van der Waals surface area (Å²) in [6, 6.07) is 0. The number of rotatable bonds is 1. The second kappa shape index (κ2) is 2.18. The Morgan fingerprint density at radius 1 is 1.80 bits per heavy atom. The van der Waals surface area contributed by atoms with Gasteiger partial charge in [0.2, 0.25) is 5.66 Å². The fourth-order valence-corrected chi connectivity index (χ4v) is 0.582. The molecule has 0 fully saturated rings. The van der Waals surface area contributed by atoms with Gasteiger partial charge in [0, 0.05) is 6.20 Å². The van der Waals surface area contributed by atoms with Crippen LogP contribution in [0.1, 0.15) is 0 Å². The molecule has 1 heterocycles. The van der Waals surface area contributed by atoms with Crippen molar-refractivity contribution in [2.45, 2.75) is 5.66 Å². The molecule has 0 aromatic rings. The number of carbonyl (C=O) groups excluding carboxylic acids is 1. The zero-order valence-electron chi connectivity index (χ0n) is 5.44. The Hall–Kier alpha value is -1.23. The van der Waals surface area contributed by atoms with E-state index >= 15 is 0 Å². The maximum Gasteiger partial charge on any atom is 0.354 e. The van der Waals surface area contributed by atoms with Gasteiger partial charge in [-0.15, -0.1) is 5.11 Å². The molecule has 0 saturated heterocycles. The summed E-state index contributed by atoms with van der Waals surface area (Å²) in [5.74, 6) is -0.606. The van der Waals surface area contributed by atoms with E-state index in [9.17, 15) is 4.79 Å². The summed E-state index contributed by atoms with van der Waals surface area (Å²) in [5.41, 5.74) is 4.01. The maximum absolute atomic E-state index is 10.8. The van der Waals surface area contributed by atoms with Crippen LogP contribution in [-0.2, 0) is 9.53 Å². The van der Waals surface area contributed by atoms with E-state index in [2.05, 4.69) is 15.0 Å². The minimum absolute atomic E-state index is 0.606. The van der Waals surface area contributed by atoms with Crippen molar-refractivity contribution in [1.29, 1.82) is 0 Å². The first-order valence-electron chi connectivity index (χ1n) is 2.66.